The lowest BCUT2D eigenvalue weighted by molar-refractivity contribution is 0.0897. The van der Waals surface area contributed by atoms with Crippen molar-refractivity contribution < 1.29 is 14.6 Å². The van der Waals surface area contributed by atoms with Crippen molar-refractivity contribution in [1.82, 2.24) is 5.32 Å². The van der Waals surface area contributed by atoms with Crippen molar-refractivity contribution in [2.45, 2.75) is 31.6 Å². The van der Waals surface area contributed by atoms with E-state index in [1.54, 1.807) is 0 Å². The molecule has 1 aromatic carbocycles. The van der Waals surface area contributed by atoms with Gasteiger partial charge in [-0.25, -0.2) is 0 Å². The number of ether oxygens (including phenoxy) is 2. The van der Waals surface area contributed by atoms with Gasteiger partial charge in [-0.2, -0.15) is 0 Å². The Morgan fingerprint density at radius 2 is 2.22 bits per heavy atom. The van der Waals surface area contributed by atoms with E-state index in [9.17, 15) is 5.11 Å². The molecule has 3 unspecified atom stereocenters. The van der Waals surface area contributed by atoms with Gasteiger partial charge in [0.15, 0.2) is 0 Å². The van der Waals surface area contributed by atoms with Crippen molar-refractivity contribution in [3.63, 3.8) is 0 Å². The zero-order valence-electron chi connectivity index (χ0n) is 10.7. The molecule has 2 N–H and O–H groups in total. The molecule has 1 aliphatic rings. The zero-order valence-corrected chi connectivity index (χ0v) is 10.7. The highest BCUT2D eigenvalue weighted by molar-refractivity contribution is 5.20. The van der Waals surface area contributed by atoms with Gasteiger partial charge in [-0.15, -0.1) is 0 Å². The van der Waals surface area contributed by atoms with Crippen LogP contribution in [0.2, 0.25) is 0 Å². The van der Waals surface area contributed by atoms with Gasteiger partial charge >= 0.3 is 0 Å². The average Bonchev–Trinajstić information content (AvgIpc) is 2.81. The van der Waals surface area contributed by atoms with Crippen LogP contribution < -0.4 is 10.1 Å². The minimum Gasteiger partial charge on any atom is -0.491 e. The van der Waals surface area contributed by atoms with Crippen LogP contribution >= 0.6 is 0 Å². The Morgan fingerprint density at radius 3 is 2.89 bits per heavy atom. The summed E-state index contributed by atoms with van der Waals surface area (Å²) in [5.74, 6) is 0.786. The Kier molecular flexibility index (Phi) is 4.99. The lowest BCUT2D eigenvalue weighted by Crippen LogP contribution is -2.41. The van der Waals surface area contributed by atoms with Crippen LogP contribution in [0, 0.1) is 0 Å². The second-order valence-corrected chi connectivity index (χ2v) is 4.66. The van der Waals surface area contributed by atoms with Gasteiger partial charge in [0, 0.05) is 19.2 Å². The first-order valence-electron chi connectivity index (χ1n) is 6.46. The monoisotopic (exact) mass is 251 g/mol. The van der Waals surface area contributed by atoms with Gasteiger partial charge in [-0.1, -0.05) is 18.2 Å². The van der Waals surface area contributed by atoms with Crippen molar-refractivity contribution in [3.8, 4) is 5.75 Å². The smallest absolute Gasteiger partial charge is 0.119 e. The van der Waals surface area contributed by atoms with Gasteiger partial charge in [-0.05, 0) is 25.5 Å². The summed E-state index contributed by atoms with van der Waals surface area (Å²) in [5.41, 5.74) is 0. The lowest BCUT2D eigenvalue weighted by Gasteiger charge is -2.19. The Bertz CT molecular complexity index is 344. The van der Waals surface area contributed by atoms with Gasteiger partial charge < -0.3 is 19.9 Å². The normalized spacial score (nSPS) is 25.0. The maximum Gasteiger partial charge on any atom is 0.119 e. The maximum absolute atomic E-state index is 9.83. The third kappa shape index (κ3) is 3.98. The van der Waals surface area contributed by atoms with Gasteiger partial charge in [0.2, 0.25) is 0 Å². The summed E-state index contributed by atoms with van der Waals surface area (Å²) in [5, 5.41) is 13.1. The predicted molar refractivity (Wildman–Crippen MR) is 69.8 cm³/mol. The van der Waals surface area contributed by atoms with Gasteiger partial charge in [0.1, 0.15) is 18.5 Å². The van der Waals surface area contributed by atoms with E-state index >= 15 is 0 Å². The zero-order chi connectivity index (χ0) is 12.8. The van der Waals surface area contributed by atoms with Crippen LogP contribution in [-0.2, 0) is 4.74 Å². The molecule has 0 aromatic heterocycles. The van der Waals surface area contributed by atoms with Crippen LogP contribution in [0.15, 0.2) is 30.3 Å². The number of aliphatic hydroxyl groups is 1. The number of hydrogen-bond acceptors (Lipinski definition) is 4. The molecule has 18 heavy (non-hydrogen) atoms. The fraction of sp³-hybridized carbons (Fsp3) is 0.571. The van der Waals surface area contributed by atoms with Gasteiger partial charge in [0.05, 0.1) is 6.10 Å². The molecular weight excluding hydrogens is 230 g/mol. The van der Waals surface area contributed by atoms with Crippen molar-refractivity contribution in [2.75, 3.05) is 19.8 Å². The third-order valence-corrected chi connectivity index (χ3v) is 3.18. The van der Waals surface area contributed by atoms with Crippen molar-refractivity contribution in [3.05, 3.63) is 30.3 Å². The maximum atomic E-state index is 9.83. The molecule has 100 valence electrons. The lowest BCUT2D eigenvalue weighted by atomic mass is 10.1. The van der Waals surface area contributed by atoms with E-state index in [1.807, 2.05) is 30.3 Å². The molecule has 1 heterocycles. The van der Waals surface area contributed by atoms with E-state index < -0.39 is 6.10 Å². The van der Waals surface area contributed by atoms with Crippen molar-refractivity contribution in [2.24, 2.45) is 0 Å². The van der Waals surface area contributed by atoms with E-state index in [4.69, 9.17) is 9.47 Å². The number of nitrogens with one attached hydrogen (secondary N) is 1. The van der Waals surface area contributed by atoms with Crippen LogP contribution in [0.1, 0.15) is 13.3 Å². The van der Waals surface area contributed by atoms with E-state index in [-0.39, 0.29) is 6.10 Å². The summed E-state index contributed by atoms with van der Waals surface area (Å²) in [4.78, 5) is 0. The summed E-state index contributed by atoms with van der Waals surface area (Å²) in [7, 11) is 0. The molecule has 4 heteroatoms. The molecule has 0 amide bonds. The van der Waals surface area contributed by atoms with Crippen LogP contribution in [0.3, 0.4) is 0 Å². The number of benzene rings is 1. The minimum atomic E-state index is -0.502. The Balaban J connectivity index is 1.64. The summed E-state index contributed by atoms with van der Waals surface area (Å²) in [6.07, 6.45) is 0.734. The molecule has 1 aliphatic heterocycles. The molecule has 0 saturated carbocycles. The molecular formula is C14H21NO3. The molecule has 0 aliphatic carbocycles. The van der Waals surface area contributed by atoms with Crippen LogP contribution in [0.25, 0.3) is 0 Å². The molecule has 2 rings (SSSR count). The molecule has 0 spiro atoms. The second-order valence-electron chi connectivity index (χ2n) is 4.66. The number of rotatable bonds is 6. The Hall–Kier alpha value is -1.10. The Labute approximate surface area is 108 Å². The quantitative estimate of drug-likeness (QED) is 0.797. The van der Waals surface area contributed by atoms with Gasteiger partial charge in [-0.3, -0.25) is 0 Å². The first-order chi connectivity index (χ1) is 8.75. The first-order valence-corrected chi connectivity index (χ1v) is 6.46. The standard InChI is InChI=1S/C14H21NO3/c1-11-14(7-8-17-11)15-9-12(16)10-18-13-5-3-2-4-6-13/h2-6,11-12,14-16H,7-10H2,1H3. The Morgan fingerprint density at radius 1 is 1.44 bits per heavy atom. The highest BCUT2D eigenvalue weighted by atomic mass is 16.5. The molecule has 4 nitrogen and oxygen atoms in total. The first kappa shape index (κ1) is 13.3. The highest BCUT2D eigenvalue weighted by Gasteiger charge is 2.24. The van der Waals surface area contributed by atoms with E-state index in [2.05, 4.69) is 12.2 Å². The molecule has 1 aromatic rings. The van der Waals surface area contributed by atoms with Crippen LogP contribution in [0.5, 0.6) is 5.75 Å². The molecule has 1 fully saturated rings. The van der Waals surface area contributed by atoms with E-state index in [0.717, 1.165) is 18.8 Å². The van der Waals surface area contributed by atoms with E-state index in [1.165, 1.54) is 0 Å². The summed E-state index contributed by atoms with van der Waals surface area (Å²) < 4.78 is 10.9. The van der Waals surface area contributed by atoms with Gasteiger partial charge in [0.25, 0.3) is 0 Å². The number of aliphatic hydroxyl groups excluding tert-OH is 1. The minimum absolute atomic E-state index is 0.229. The summed E-state index contributed by atoms with van der Waals surface area (Å²) >= 11 is 0. The summed E-state index contributed by atoms with van der Waals surface area (Å²) in [6, 6.07) is 9.87. The molecule has 1 saturated heterocycles. The number of para-hydroxylation sites is 1. The molecule has 0 bridgehead atoms. The second kappa shape index (κ2) is 6.73. The fourth-order valence-electron chi connectivity index (χ4n) is 2.06. The molecule has 0 radical (unpaired) electrons. The average molecular weight is 251 g/mol. The topological polar surface area (TPSA) is 50.7 Å². The predicted octanol–water partition coefficient (Wildman–Crippen LogP) is 1.19. The number of hydrogen-bond donors (Lipinski definition) is 2. The van der Waals surface area contributed by atoms with Crippen LogP contribution in [0.4, 0.5) is 0 Å². The highest BCUT2D eigenvalue weighted by Crippen LogP contribution is 2.12. The third-order valence-electron chi connectivity index (χ3n) is 3.18. The largest absolute Gasteiger partial charge is 0.491 e. The fourth-order valence-corrected chi connectivity index (χ4v) is 2.06. The molecule has 3 atom stereocenters. The van der Waals surface area contributed by atoms with E-state index in [0.29, 0.717) is 19.2 Å². The van der Waals surface area contributed by atoms with Crippen LogP contribution in [-0.4, -0.2) is 43.1 Å². The summed E-state index contributed by atoms with van der Waals surface area (Å²) in [6.45, 7) is 3.69. The van der Waals surface area contributed by atoms with Crippen molar-refractivity contribution >= 4 is 0 Å². The SMILES string of the molecule is CC1OCCC1NCC(O)COc1ccccc1. The van der Waals surface area contributed by atoms with Crippen molar-refractivity contribution in [1.29, 1.82) is 0 Å².